The van der Waals surface area contributed by atoms with Crippen LogP contribution in [0.5, 0.6) is 0 Å². The fraction of sp³-hybridized carbons (Fsp3) is 0.778. The first-order valence-corrected chi connectivity index (χ1v) is 5.85. The minimum absolute atomic E-state index is 0.0805. The maximum atomic E-state index is 11.4. The Labute approximate surface area is 87.7 Å². The van der Waals surface area contributed by atoms with Crippen LogP contribution >= 0.6 is 11.8 Å². The number of imide groups is 1. The van der Waals surface area contributed by atoms with Crippen molar-refractivity contribution in [3.8, 4) is 0 Å². The number of hydrogen-bond acceptors (Lipinski definition) is 4. The SMILES string of the molecule is CC(CCCO)N1C(=O)CSCC1=O. The third-order valence-corrected chi connectivity index (χ3v) is 3.11. The van der Waals surface area contributed by atoms with Gasteiger partial charge in [0.1, 0.15) is 0 Å². The molecule has 1 atom stereocenters. The van der Waals surface area contributed by atoms with Gasteiger partial charge in [-0.25, -0.2) is 0 Å². The molecule has 1 heterocycles. The van der Waals surface area contributed by atoms with Crippen molar-refractivity contribution >= 4 is 23.6 Å². The van der Waals surface area contributed by atoms with Crippen LogP contribution < -0.4 is 0 Å². The summed E-state index contributed by atoms with van der Waals surface area (Å²) in [6.07, 6.45) is 1.31. The minimum atomic E-state index is -0.100. The lowest BCUT2D eigenvalue weighted by Gasteiger charge is -2.30. The number of aliphatic hydroxyl groups excluding tert-OH is 1. The van der Waals surface area contributed by atoms with Crippen molar-refractivity contribution < 1.29 is 14.7 Å². The lowest BCUT2D eigenvalue weighted by Crippen LogP contribution is -2.48. The molecule has 1 unspecified atom stereocenters. The molecule has 2 amide bonds. The van der Waals surface area contributed by atoms with Crippen molar-refractivity contribution in [3.05, 3.63) is 0 Å². The number of nitrogens with zero attached hydrogens (tertiary/aromatic N) is 1. The molecule has 14 heavy (non-hydrogen) atoms. The van der Waals surface area contributed by atoms with E-state index in [0.29, 0.717) is 24.3 Å². The molecule has 0 saturated carbocycles. The Balaban J connectivity index is 2.53. The van der Waals surface area contributed by atoms with Crippen LogP contribution in [0, 0.1) is 0 Å². The summed E-state index contributed by atoms with van der Waals surface area (Å²) in [6, 6.07) is -0.0805. The molecule has 1 N–H and O–H groups in total. The van der Waals surface area contributed by atoms with Gasteiger partial charge in [0.2, 0.25) is 11.8 Å². The second-order valence-corrected chi connectivity index (χ2v) is 4.35. The highest BCUT2D eigenvalue weighted by molar-refractivity contribution is 8.00. The molecule has 5 heteroatoms. The number of hydrogen-bond donors (Lipinski definition) is 1. The fourth-order valence-electron chi connectivity index (χ4n) is 1.51. The van der Waals surface area contributed by atoms with E-state index in [0.717, 1.165) is 0 Å². The van der Waals surface area contributed by atoms with Gasteiger partial charge >= 0.3 is 0 Å². The summed E-state index contributed by atoms with van der Waals surface area (Å²) < 4.78 is 0. The Morgan fingerprint density at radius 2 is 2.00 bits per heavy atom. The maximum absolute atomic E-state index is 11.4. The van der Waals surface area contributed by atoms with Gasteiger partial charge in [0.25, 0.3) is 0 Å². The highest BCUT2D eigenvalue weighted by Gasteiger charge is 2.29. The van der Waals surface area contributed by atoms with Gasteiger partial charge in [0.15, 0.2) is 0 Å². The topological polar surface area (TPSA) is 57.6 Å². The quantitative estimate of drug-likeness (QED) is 0.686. The average molecular weight is 217 g/mol. The Morgan fingerprint density at radius 3 is 2.50 bits per heavy atom. The molecule has 1 fully saturated rings. The van der Waals surface area contributed by atoms with Crippen LogP contribution in [0.4, 0.5) is 0 Å². The summed E-state index contributed by atoms with van der Waals surface area (Å²) in [4.78, 5) is 24.2. The van der Waals surface area contributed by atoms with E-state index in [2.05, 4.69) is 0 Å². The number of carbonyl (C=O) groups is 2. The van der Waals surface area contributed by atoms with Crippen molar-refractivity contribution in [3.63, 3.8) is 0 Å². The van der Waals surface area contributed by atoms with E-state index in [1.807, 2.05) is 6.92 Å². The molecular formula is C9H15NO3S. The van der Waals surface area contributed by atoms with E-state index < -0.39 is 0 Å². The second kappa shape index (κ2) is 5.36. The molecule has 1 aliphatic rings. The molecule has 4 nitrogen and oxygen atoms in total. The molecule has 1 aliphatic heterocycles. The van der Waals surface area contributed by atoms with Crippen molar-refractivity contribution in [2.75, 3.05) is 18.1 Å². The zero-order chi connectivity index (χ0) is 10.6. The summed E-state index contributed by atoms with van der Waals surface area (Å²) in [6.45, 7) is 1.96. The number of thioether (sulfide) groups is 1. The van der Waals surface area contributed by atoms with E-state index in [-0.39, 0.29) is 24.5 Å². The third-order valence-electron chi connectivity index (χ3n) is 2.21. The van der Waals surface area contributed by atoms with Crippen molar-refractivity contribution in [1.29, 1.82) is 0 Å². The Morgan fingerprint density at radius 1 is 1.43 bits per heavy atom. The summed E-state index contributed by atoms with van der Waals surface area (Å²) in [7, 11) is 0. The first-order chi connectivity index (χ1) is 6.66. The first-order valence-electron chi connectivity index (χ1n) is 4.70. The fourth-order valence-corrected chi connectivity index (χ4v) is 2.24. The van der Waals surface area contributed by atoms with Crippen molar-refractivity contribution in [2.24, 2.45) is 0 Å². The van der Waals surface area contributed by atoms with Gasteiger partial charge < -0.3 is 5.11 Å². The minimum Gasteiger partial charge on any atom is -0.396 e. The molecule has 1 rings (SSSR count). The van der Waals surface area contributed by atoms with Crippen LogP contribution in [-0.4, -0.2) is 46.0 Å². The second-order valence-electron chi connectivity index (χ2n) is 3.37. The van der Waals surface area contributed by atoms with Crippen LogP contribution in [0.3, 0.4) is 0 Å². The lowest BCUT2D eigenvalue weighted by molar-refractivity contribution is -0.144. The summed E-state index contributed by atoms with van der Waals surface area (Å²) in [5, 5.41) is 8.65. The van der Waals surface area contributed by atoms with Gasteiger partial charge in [0.05, 0.1) is 11.5 Å². The summed E-state index contributed by atoms with van der Waals surface area (Å²) >= 11 is 1.37. The highest BCUT2D eigenvalue weighted by atomic mass is 32.2. The van der Waals surface area contributed by atoms with E-state index in [1.165, 1.54) is 16.7 Å². The number of aliphatic hydroxyl groups is 1. The molecule has 80 valence electrons. The van der Waals surface area contributed by atoms with Crippen LogP contribution in [0.15, 0.2) is 0 Å². The number of amides is 2. The van der Waals surface area contributed by atoms with Gasteiger partial charge in [-0.15, -0.1) is 11.8 Å². The van der Waals surface area contributed by atoms with E-state index in [1.54, 1.807) is 0 Å². The highest BCUT2D eigenvalue weighted by Crippen LogP contribution is 2.17. The standard InChI is InChI=1S/C9H15NO3S/c1-7(3-2-4-11)10-8(12)5-14-6-9(10)13/h7,11H,2-6H2,1H3. The van der Waals surface area contributed by atoms with Gasteiger partial charge in [-0.3, -0.25) is 14.5 Å². The molecule has 1 saturated heterocycles. The van der Waals surface area contributed by atoms with E-state index in [4.69, 9.17) is 5.11 Å². The van der Waals surface area contributed by atoms with Gasteiger partial charge in [0, 0.05) is 12.6 Å². The summed E-state index contributed by atoms with van der Waals surface area (Å²) in [5.74, 6) is 0.595. The molecular weight excluding hydrogens is 202 g/mol. The summed E-state index contributed by atoms with van der Waals surface area (Å²) in [5.41, 5.74) is 0. The predicted octanol–water partition coefficient (Wildman–Crippen LogP) is 0.249. The molecule has 0 spiro atoms. The van der Waals surface area contributed by atoms with Crippen LogP contribution in [0.1, 0.15) is 19.8 Å². The van der Waals surface area contributed by atoms with Gasteiger partial charge in [-0.2, -0.15) is 0 Å². The van der Waals surface area contributed by atoms with Crippen LogP contribution in [0.2, 0.25) is 0 Å². The molecule has 0 bridgehead atoms. The smallest absolute Gasteiger partial charge is 0.239 e. The number of carbonyl (C=O) groups excluding carboxylic acids is 2. The molecule has 0 aromatic heterocycles. The maximum Gasteiger partial charge on any atom is 0.239 e. The monoisotopic (exact) mass is 217 g/mol. The average Bonchev–Trinajstić information content (AvgIpc) is 2.14. The third kappa shape index (κ3) is 2.72. The predicted molar refractivity (Wildman–Crippen MR) is 55.0 cm³/mol. The Kier molecular flexibility index (Phi) is 4.41. The molecule has 0 aliphatic carbocycles. The molecule has 0 aromatic carbocycles. The van der Waals surface area contributed by atoms with Crippen molar-refractivity contribution in [2.45, 2.75) is 25.8 Å². The van der Waals surface area contributed by atoms with Crippen molar-refractivity contribution in [1.82, 2.24) is 4.90 Å². The zero-order valence-electron chi connectivity index (χ0n) is 8.23. The van der Waals surface area contributed by atoms with E-state index >= 15 is 0 Å². The molecule has 0 aromatic rings. The number of rotatable bonds is 4. The molecule has 0 radical (unpaired) electrons. The Hall–Kier alpha value is -0.550. The zero-order valence-corrected chi connectivity index (χ0v) is 9.05. The first kappa shape index (κ1) is 11.5. The largest absolute Gasteiger partial charge is 0.396 e. The van der Waals surface area contributed by atoms with Crippen LogP contribution in [0.25, 0.3) is 0 Å². The van der Waals surface area contributed by atoms with Gasteiger partial charge in [-0.1, -0.05) is 0 Å². The lowest BCUT2D eigenvalue weighted by atomic mass is 10.1. The Bertz CT molecular complexity index is 216. The van der Waals surface area contributed by atoms with Gasteiger partial charge in [-0.05, 0) is 19.8 Å². The van der Waals surface area contributed by atoms with Crippen LogP contribution in [-0.2, 0) is 9.59 Å². The normalized spacial score (nSPS) is 20.0. The van der Waals surface area contributed by atoms with E-state index in [9.17, 15) is 9.59 Å².